The zero-order valence-electron chi connectivity index (χ0n) is 13.8. The van der Waals surface area contributed by atoms with Crippen molar-refractivity contribution < 1.29 is 5.11 Å². The van der Waals surface area contributed by atoms with E-state index in [0.717, 1.165) is 42.8 Å². The van der Waals surface area contributed by atoms with E-state index in [1.54, 1.807) is 6.92 Å². The van der Waals surface area contributed by atoms with Crippen LogP contribution in [0.5, 0.6) is 0 Å². The summed E-state index contributed by atoms with van der Waals surface area (Å²) in [5.74, 6) is 0. The summed E-state index contributed by atoms with van der Waals surface area (Å²) in [7, 11) is 0. The van der Waals surface area contributed by atoms with Gasteiger partial charge in [-0.25, -0.2) is 0 Å². The molecule has 21 heavy (non-hydrogen) atoms. The molecule has 0 bridgehead atoms. The van der Waals surface area contributed by atoms with Crippen molar-refractivity contribution in [1.29, 1.82) is 0 Å². The van der Waals surface area contributed by atoms with Gasteiger partial charge in [-0.2, -0.15) is 0 Å². The maximum atomic E-state index is 9.70. The summed E-state index contributed by atoms with van der Waals surface area (Å²) in [5.41, 5.74) is 2.16. The standard InChI is InChI=1S/C17H29BrN2O/c1-5-19(6-2)11-8-12-20(7-3)15-9-10-16(14(4)21)17(18)13-15/h9-10,13-14,21H,5-8,11-12H2,1-4H3. The zero-order valence-corrected chi connectivity index (χ0v) is 15.4. The third kappa shape index (κ3) is 5.61. The molecule has 0 aliphatic rings. The van der Waals surface area contributed by atoms with Crippen molar-refractivity contribution >= 4 is 21.6 Å². The highest BCUT2D eigenvalue weighted by atomic mass is 79.9. The number of aliphatic hydroxyl groups excluding tert-OH is 1. The highest BCUT2D eigenvalue weighted by molar-refractivity contribution is 9.10. The second-order valence-corrected chi connectivity index (χ2v) is 6.20. The maximum Gasteiger partial charge on any atom is 0.0772 e. The minimum atomic E-state index is -0.439. The Hall–Kier alpha value is -0.580. The van der Waals surface area contributed by atoms with E-state index >= 15 is 0 Å². The smallest absolute Gasteiger partial charge is 0.0772 e. The molecule has 0 radical (unpaired) electrons. The Balaban J connectivity index is 2.66. The summed E-state index contributed by atoms with van der Waals surface area (Å²) in [6.07, 6.45) is 0.733. The van der Waals surface area contributed by atoms with Crippen molar-refractivity contribution in [3.05, 3.63) is 28.2 Å². The average molecular weight is 357 g/mol. The van der Waals surface area contributed by atoms with Gasteiger partial charge in [-0.1, -0.05) is 35.8 Å². The van der Waals surface area contributed by atoms with Gasteiger partial charge in [0.25, 0.3) is 0 Å². The summed E-state index contributed by atoms with van der Waals surface area (Å²) in [5, 5.41) is 9.70. The first-order valence-corrected chi connectivity index (χ1v) is 8.77. The topological polar surface area (TPSA) is 26.7 Å². The van der Waals surface area contributed by atoms with Crippen LogP contribution in [-0.4, -0.2) is 42.7 Å². The lowest BCUT2D eigenvalue weighted by molar-refractivity contribution is 0.198. The van der Waals surface area contributed by atoms with Crippen molar-refractivity contribution in [2.45, 2.75) is 40.2 Å². The van der Waals surface area contributed by atoms with E-state index in [4.69, 9.17) is 0 Å². The van der Waals surface area contributed by atoms with E-state index in [1.807, 2.05) is 6.07 Å². The number of halogens is 1. The number of rotatable bonds is 9. The van der Waals surface area contributed by atoms with Gasteiger partial charge in [0, 0.05) is 23.2 Å². The van der Waals surface area contributed by atoms with Crippen LogP contribution in [0.25, 0.3) is 0 Å². The van der Waals surface area contributed by atoms with E-state index in [-0.39, 0.29) is 0 Å². The van der Waals surface area contributed by atoms with E-state index in [2.05, 4.69) is 58.6 Å². The fraction of sp³-hybridized carbons (Fsp3) is 0.647. The first-order chi connectivity index (χ1) is 10.0. The largest absolute Gasteiger partial charge is 0.389 e. The van der Waals surface area contributed by atoms with Crippen molar-refractivity contribution in [3.63, 3.8) is 0 Å². The van der Waals surface area contributed by atoms with Gasteiger partial charge in [-0.05, 0) is 57.6 Å². The second kappa shape index (κ2) is 9.44. The Morgan fingerprint density at radius 2 is 1.76 bits per heavy atom. The normalized spacial score (nSPS) is 12.7. The molecule has 1 atom stereocenters. The Labute approximate surface area is 138 Å². The number of benzene rings is 1. The van der Waals surface area contributed by atoms with Gasteiger partial charge >= 0.3 is 0 Å². The van der Waals surface area contributed by atoms with Crippen molar-refractivity contribution in [2.24, 2.45) is 0 Å². The summed E-state index contributed by atoms with van der Waals surface area (Å²) in [6, 6.07) is 6.23. The predicted molar refractivity (Wildman–Crippen MR) is 95.1 cm³/mol. The van der Waals surface area contributed by atoms with Gasteiger partial charge in [-0.15, -0.1) is 0 Å². The predicted octanol–water partition coefficient (Wildman–Crippen LogP) is 4.06. The Morgan fingerprint density at radius 3 is 2.24 bits per heavy atom. The molecule has 0 spiro atoms. The maximum absolute atomic E-state index is 9.70. The molecule has 0 aliphatic carbocycles. The SMILES string of the molecule is CCN(CC)CCCN(CC)c1ccc(C(C)O)c(Br)c1. The van der Waals surface area contributed by atoms with Gasteiger partial charge in [-0.3, -0.25) is 0 Å². The molecule has 0 aromatic heterocycles. The molecule has 120 valence electrons. The molecule has 4 heteroatoms. The molecule has 0 heterocycles. The van der Waals surface area contributed by atoms with Crippen LogP contribution in [0.2, 0.25) is 0 Å². The quantitative estimate of drug-likeness (QED) is 0.722. The summed E-state index contributed by atoms with van der Waals surface area (Å²) in [4.78, 5) is 4.85. The van der Waals surface area contributed by atoms with E-state index in [0.29, 0.717) is 0 Å². The van der Waals surface area contributed by atoms with Crippen LogP contribution in [0.15, 0.2) is 22.7 Å². The van der Waals surface area contributed by atoms with E-state index < -0.39 is 6.10 Å². The molecular weight excluding hydrogens is 328 g/mol. The van der Waals surface area contributed by atoms with Gasteiger partial charge < -0.3 is 14.9 Å². The van der Waals surface area contributed by atoms with E-state index in [1.165, 1.54) is 12.1 Å². The number of hydrogen-bond acceptors (Lipinski definition) is 3. The number of anilines is 1. The molecule has 1 N–H and O–H groups in total. The summed E-state index contributed by atoms with van der Waals surface area (Å²) in [6.45, 7) is 13.9. The number of aliphatic hydroxyl groups is 1. The van der Waals surface area contributed by atoms with Crippen molar-refractivity contribution in [1.82, 2.24) is 4.90 Å². The number of hydrogen-bond donors (Lipinski definition) is 1. The highest BCUT2D eigenvalue weighted by Gasteiger charge is 2.10. The molecule has 3 nitrogen and oxygen atoms in total. The van der Waals surface area contributed by atoms with Crippen LogP contribution in [0.1, 0.15) is 45.8 Å². The molecule has 0 saturated heterocycles. The van der Waals surface area contributed by atoms with Gasteiger partial charge in [0.15, 0.2) is 0 Å². The second-order valence-electron chi connectivity index (χ2n) is 5.34. The Bertz CT molecular complexity index is 419. The van der Waals surface area contributed by atoms with Crippen LogP contribution >= 0.6 is 15.9 Å². The van der Waals surface area contributed by atoms with Crippen molar-refractivity contribution in [2.75, 3.05) is 37.6 Å². The minimum absolute atomic E-state index is 0.439. The van der Waals surface area contributed by atoms with Crippen LogP contribution < -0.4 is 4.90 Å². The van der Waals surface area contributed by atoms with Gasteiger partial charge in [0.1, 0.15) is 0 Å². The molecule has 1 aromatic rings. The van der Waals surface area contributed by atoms with E-state index in [9.17, 15) is 5.11 Å². The van der Waals surface area contributed by atoms with Crippen molar-refractivity contribution in [3.8, 4) is 0 Å². The molecule has 1 rings (SSSR count). The van der Waals surface area contributed by atoms with Gasteiger partial charge in [0.05, 0.1) is 6.10 Å². The Morgan fingerprint density at radius 1 is 1.10 bits per heavy atom. The van der Waals surface area contributed by atoms with Crippen LogP contribution in [0, 0.1) is 0 Å². The number of nitrogens with zero attached hydrogens (tertiary/aromatic N) is 2. The van der Waals surface area contributed by atoms with Gasteiger partial charge in [0.2, 0.25) is 0 Å². The molecule has 0 amide bonds. The molecule has 0 fully saturated rings. The third-order valence-electron chi connectivity index (χ3n) is 3.98. The molecule has 1 unspecified atom stereocenters. The van der Waals surface area contributed by atoms with Crippen LogP contribution in [-0.2, 0) is 0 Å². The fourth-order valence-corrected chi connectivity index (χ4v) is 3.24. The fourth-order valence-electron chi connectivity index (χ4n) is 2.55. The lowest BCUT2D eigenvalue weighted by Crippen LogP contribution is -2.30. The lowest BCUT2D eigenvalue weighted by Gasteiger charge is -2.26. The highest BCUT2D eigenvalue weighted by Crippen LogP contribution is 2.28. The lowest BCUT2D eigenvalue weighted by atomic mass is 10.1. The summed E-state index contributed by atoms with van der Waals surface area (Å²) >= 11 is 3.56. The minimum Gasteiger partial charge on any atom is -0.389 e. The molecule has 1 aromatic carbocycles. The first-order valence-electron chi connectivity index (χ1n) is 7.98. The average Bonchev–Trinajstić information content (AvgIpc) is 2.47. The summed E-state index contributed by atoms with van der Waals surface area (Å²) < 4.78 is 0.984. The zero-order chi connectivity index (χ0) is 15.8. The van der Waals surface area contributed by atoms with Crippen LogP contribution in [0.4, 0.5) is 5.69 Å². The molecular formula is C17H29BrN2O. The first kappa shape index (κ1) is 18.5. The van der Waals surface area contributed by atoms with Crippen LogP contribution in [0.3, 0.4) is 0 Å². The molecule has 0 aliphatic heterocycles. The third-order valence-corrected chi connectivity index (χ3v) is 4.66. The molecule has 0 saturated carbocycles. The monoisotopic (exact) mass is 356 g/mol. The Kier molecular flexibility index (Phi) is 8.30.